The minimum Gasteiger partial charge on any atom is -0.497 e. The lowest BCUT2D eigenvalue weighted by molar-refractivity contribution is -0.151. The zero-order valence-corrected chi connectivity index (χ0v) is 19.5. The number of carbonyl (C=O) groups excluding carboxylic acids is 3. The van der Waals surface area contributed by atoms with Gasteiger partial charge in [0, 0.05) is 22.9 Å². The van der Waals surface area contributed by atoms with Crippen LogP contribution in [0.2, 0.25) is 0 Å². The number of allylic oxidation sites excluding steroid dienone is 3. The third kappa shape index (κ3) is 4.29. The van der Waals surface area contributed by atoms with Gasteiger partial charge in [0.2, 0.25) is 0 Å². The van der Waals surface area contributed by atoms with E-state index in [9.17, 15) is 14.4 Å². The van der Waals surface area contributed by atoms with Crippen molar-refractivity contribution in [1.29, 1.82) is 0 Å². The summed E-state index contributed by atoms with van der Waals surface area (Å²) in [6.45, 7) is 7.44. The summed E-state index contributed by atoms with van der Waals surface area (Å²) in [5.74, 6) is -2.47. The summed E-state index contributed by atoms with van der Waals surface area (Å²) >= 11 is 0. The molecule has 172 valence electrons. The lowest BCUT2D eigenvalue weighted by atomic mass is 9.69. The molecule has 0 spiro atoms. The van der Waals surface area contributed by atoms with Crippen LogP contribution in [0.5, 0.6) is 5.75 Å². The zero-order valence-electron chi connectivity index (χ0n) is 19.5. The number of ketones is 1. The van der Waals surface area contributed by atoms with Gasteiger partial charge in [-0.05, 0) is 50.3 Å². The minimum atomic E-state index is -0.911. The van der Waals surface area contributed by atoms with Crippen LogP contribution in [0.4, 0.5) is 0 Å². The van der Waals surface area contributed by atoms with E-state index in [0.717, 1.165) is 11.3 Å². The lowest BCUT2D eigenvalue weighted by Crippen LogP contribution is -2.43. The first-order chi connectivity index (χ1) is 15.2. The number of rotatable bonds is 6. The van der Waals surface area contributed by atoms with Crippen molar-refractivity contribution in [2.45, 2.75) is 52.6 Å². The van der Waals surface area contributed by atoms with Gasteiger partial charge in [-0.15, -0.1) is 0 Å². The molecule has 0 unspecified atom stereocenters. The molecule has 0 amide bonds. The quantitative estimate of drug-likeness (QED) is 0.532. The standard InChI is InChI=1S/C25H31NO6/c1-7-14(3)32-25(29)20-15(4)26-18-12-13(2)19(24(28)31-6)23(27)22(18)21(20)16-8-10-17(30-5)11-9-16/h8-11,13-14,19,21,26H,7,12H2,1-6H3/t13-,14-,19+,21+/m0/s1. The molecule has 0 saturated carbocycles. The second-order valence-corrected chi connectivity index (χ2v) is 8.43. The number of nitrogens with one attached hydrogen (secondary N) is 1. The van der Waals surface area contributed by atoms with Gasteiger partial charge in [-0.3, -0.25) is 9.59 Å². The van der Waals surface area contributed by atoms with E-state index in [4.69, 9.17) is 14.2 Å². The molecule has 7 heteroatoms. The summed E-state index contributed by atoms with van der Waals surface area (Å²) in [4.78, 5) is 39.3. The molecule has 4 atom stereocenters. The Morgan fingerprint density at radius 3 is 2.41 bits per heavy atom. The van der Waals surface area contributed by atoms with Crippen molar-refractivity contribution >= 4 is 17.7 Å². The predicted molar refractivity (Wildman–Crippen MR) is 119 cm³/mol. The van der Waals surface area contributed by atoms with E-state index in [2.05, 4.69) is 5.32 Å². The van der Waals surface area contributed by atoms with E-state index in [-0.39, 0.29) is 17.8 Å². The number of hydrogen-bond acceptors (Lipinski definition) is 7. The summed E-state index contributed by atoms with van der Waals surface area (Å²) in [6, 6.07) is 7.25. The summed E-state index contributed by atoms with van der Waals surface area (Å²) in [5, 5.41) is 3.26. The van der Waals surface area contributed by atoms with Gasteiger partial charge in [-0.2, -0.15) is 0 Å². The number of methoxy groups -OCH3 is 2. The number of dihydropyridines is 1. The first-order valence-electron chi connectivity index (χ1n) is 10.9. The Morgan fingerprint density at radius 2 is 1.84 bits per heavy atom. The first-order valence-corrected chi connectivity index (χ1v) is 10.9. The predicted octanol–water partition coefficient (Wildman–Crippen LogP) is 3.65. The minimum absolute atomic E-state index is 0.223. The summed E-state index contributed by atoms with van der Waals surface area (Å²) in [6.07, 6.45) is 0.908. The van der Waals surface area contributed by atoms with Crippen LogP contribution in [-0.4, -0.2) is 38.0 Å². The average Bonchev–Trinajstić information content (AvgIpc) is 2.77. The van der Waals surface area contributed by atoms with Gasteiger partial charge >= 0.3 is 11.9 Å². The summed E-state index contributed by atoms with van der Waals surface area (Å²) < 4.78 is 15.8. The monoisotopic (exact) mass is 441 g/mol. The molecule has 1 heterocycles. The van der Waals surface area contributed by atoms with Gasteiger partial charge in [-0.25, -0.2) is 4.79 Å². The average molecular weight is 442 g/mol. The Balaban J connectivity index is 2.15. The van der Waals surface area contributed by atoms with Crippen LogP contribution in [0.1, 0.15) is 52.0 Å². The maximum atomic E-state index is 13.6. The molecule has 1 aromatic rings. The molecule has 0 bridgehead atoms. The van der Waals surface area contributed by atoms with Crippen LogP contribution in [0, 0.1) is 11.8 Å². The third-order valence-electron chi connectivity index (χ3n) is 6.30. The summed E-state index contributed by atoms with van der Waals surface area (Å²) in [5.41, 5.74) is 2.93. The maximum absolute atomic E-state index is 13.6. The molecular formula is C25H31NO6. The third-order valence-corrected chi connectivity index (χ3v) is 6.30. The molecule has 2 aliphatic rings. The highest BCUT2D eigenvalue weighted by molar-refractivity contribution is 6.12. The number of carbonyl (C=O) groups is 3. The molecule has 0 saturated heterocycles. The number of benzene rings is 1. The second kappa shape index (κ2) is 9.59. The normalized spacial score (nSPS) is 23.8. The second-order valence-electron chi connectivity index (χ2n) is 8.43. The van der Waals surface area contributed by atoms with Crippen molar-refractivity contribution in [2.75, 3.05) is 14.2 Å². The Bertz CT molecular complexity index is 975. The Morgan fingerprint density at radius 1 is 1.19 bits per heavy atom. The number of esters is 2. The molecule has 32 heavy (non-hydrogen) atoms. The molecule has 0 radical (unpaired) electrons. The van der Waals surface area contributed by atoms with Crippen LogP contribution >= 0.6 is 0 Å². The largest absolute Gasteiger partial charge is 0.497 e. The van der Waals surface area contributed by atoms with E-state index in [0.29, 0.717) is 35.4 Å². The molecule has 7 nitrogen and oxygen atoms in total. The van der Waals surface area contributed by atoms with Gasteiger partial charge in [0.1, 0.15) is 11.7 Å². The van der Waals surface area contributed by atoms with Crippen molar-refractivity contribution in [3.05, 3.63) is 52.4 Å². The number of Topliss-reactive ketones (excluding diaryl/α,β-unsaturated/α-hetero) is 1. The smallest absolute Gasteiger partial charge is 0.337 e. The molecule has 1 aromatic carbocycles. The lowest BCUT2D eigenvalue weighted by Gasteiger charge is -2.38. The van der Waals surface area contributed by atoms with Crippen LogP contribution < -0.4 is 10.1 Å². The van der Waals surface area contributed by atoms with Crippen molar-refractivity contribution in [2.24, 2.45) is 11.8 Å². The van der Waals surface area contributed by atoms with Crippen LogP contribution in [0.3, 0.4) is 0 Å². The topological polar surface area (TPSA) is 90.9 Å². The maximum Gasteiger partial charge on any atom is 0.337 e. The van der Waals surface area contributed by atoms with Crippen LogP contribution in [0.15, 0.2) is 46.8 Å². The molecule has 1 N–H and O–H groups in total. The highest BCUT2D eigenvalue weighted by atomic mass is 16.5. The molecule has 3 rings (SSSR count). The Hall–Kier alpha value is -3.09. The number of ether oxygens (including phenoxy) is 3. The van der Waals surface area contributed by atoms with Gasteiger partial charge in [0.05, 0.1) is 25.9 Å². The number of hydrogen-bond donors (Lipinski definition) is 1. The Labute approximate surface area is 188 Å². The van der Waals surface area contributed by atoms with Crippen molar-refractivity contribution in [1.82, 2.24) is 5.32 Å². The van der Waals surface area contributed by atoms with E-state index in [1.54, 1.807) is 19.2 Å². The molecular weight excluding hydrogens is 410 g/mol. The van der Waals surface area contributed by atoms with E-state index in [1.165, 1.54) is 7.11 Å². The fourth-order valence-electron chi connectivity index (χ4n) is 4.41. The molecule has 1 aliphatic heterocycles. The highest BCUT2D eigenvalue weighted by Gasteiger charge is 2.47. The first kappa shape index (κ1) is 23.6. The zero-order chi connectivity index (χ0) is 23.6. The van der Waals surface area contributed by atoms with Gasteiger partial charge in [-0.1, -0.05) is 26.0 Å². The van der Waals surface area contributed by atoms with Crippen molar-refractivity contribution < 1.29 is 28.6 Å². The Kier molecular flexibility index (Phi) is 7.06. The SMILES string of the molecule is CC[C@H](C)OC(=O)C1=C(C)NC2=C(C(=O)[C@H](C(=O)OC)[C@@H](C)C2)[C@@H]1c1ccc(OC)cc1. The molecule has 0 fully saturated rings. The van der Waals surface area contributed by atoms with E-state index >= 15 is 0 Å². The van der Waals surface area contributed by atoms with Crippen molar-refractivity contribution in [3.8, 4) is 5.75 Å². The fourth-order valence-corrected chi connectivity index (χ4v) is 4.41. The van der Waals surface area contributed by atoms with Gasteiger partial charge in [0.25, 0.3) is 0 Å². The van der Waals surface area contributed by atoms with E-state index in [1.807, 2.05) is 39.8 Å². The highest BCUT2D eigenvalue weighted by Crippen LogP contribution is 2.45. The molecule has 1 aliphatic carbocycles. The van der Waals surface area contributed by atoms with Gasteiger partial charge in [0.15, 0.2) is 5.78 Å². The van der Waals surface area contributed by atoms with Gasteiger partial charge < -0.3 is 19.5 Å². The van der Waals surface area contributed by atoms with E-state index < -0.39 is 23.8 Å². The van der Waals surface area contributed by atoms with Crippen LogP contribution in [-0.2, 0) is 23.9 Å². The van der Waals surface area contributed by atoms with Crippen molar-refractivity contribution in [3.63, 3.8) is 0 Å². The fraction of sp³-hybridized carbons (Fsp3) is 0.480. The molecule has 0 aromatic heterocycles. The summed E-state index contributed by atoms with van der Waals surface area (Å²) in [7, 11) is 2.86. The van der Waals surface area contributed by atoms with Crippen LogP contribution in [0.25, 0.3) is 0 Å².